The molecular formula is C24H32N4O4. The van der Waals surface area contributed by atoms with E-state index in [1.165, 1.54) is 0 Å². The first-order chi connectivity index (χ1) is 15.6. The Morgan fingerprint density at radius 2 is 1.84 bits per heavy atom. The fraction of sp³-hybridized carbons (Fsp3) is 0.458. The SMILES string of the molecule is CCOC(=O)C1CCN(C(=NC)NCc2ccnc(Oc3ccc(OCC)cc3)c2)CC1. The number of esters is 1. The number of pyridine rings is 1. The average Bonchev–Trinajstić information content (AvgIpc) is 2.82. The van der Waals surface area contributed by atoms with Gasteiger partial charge in [0, 0.05) is 38.9 Å². The van der Waals surface area contributed by atoms with E-state index in [0.29, 0.717) is 31.4 Å². The van der Waals surface area contributed by atoms with Gasteiger partial charge in [-0.3, -0.25) is 9.79 Å². The van der Waals surface area contributed by atoms with Crippen LogP contribution in [-0.4, -0.2) is 55.2 Å². The lowest BCUT2D eigenvalue weighted by atomic mass is 9.97. The highest BCUT2D eigenvalue weighted by Crippen LogP contribution is 2.23. The van der Waals surface area contributed by atoms with Crippen LogP contribution < -0.4 is 14.8 Å². The van der Waals surface area contributed by atoms with Crippen LogP contribution in [0.3, 0.4) is 0 Å². The summed E-state index contributed by atoms with van der Waals surface area (Å²) in [7, 11) is 1.77. The molecule has 2 aromatic rings. The summed E-state index contributed by atoms with van der Waals surface area (Å²) in [6.45, 7) is 6.98. The van der Waals surface area contributed by atoms with Crippen LogP contribution in [0.4, 0.5) is 0 Å². The smallest absolute Gasteiger partial charge is 0.309 e. The largest absolute Gasteiger partial charge is 0.494 e. The quantitative estimate of drug-likeness (QED) is 0.381. The Labute approximate surface area is 189 Å². The van der Waals surface area contributed by atoms with Crippen molar-refractivity contribution in [3.63, 3.8) is 0 Å². The van der Waals surface area contributed by atoms with Gasteiger partial charge in [-0.15, -0.1) is 0 Å². The van der Waals surface area contributed by atoms with Crippen LogP contribution in [-0.2, 0) is 16.1 Å². The van der Waals surface area contributed by atoms with E-state index < -0.39 is 0 Å². The third-order valence-electron chi connectivity index (χ3n) is 5.23. The fourth-order valence-corrected chi connectivity index (χ4v) is 3.61. The van der Waals surface area contributed by atoms with E-state index in [9.17, 15) is 4.79 Å². The maximum atomic E-state index is 12.0. The molecule has 0 saturated carbocycles. The second kappa shape index (κ2) is 11.9. The molecule has 2 heterocycles. The number of hydrogen-bond acceptors (Lipinski definition) is 6. The van der Waals surface area contributed by atoms with Gasteiger partial charge in [0.05, 0.1) is 19.1 Å². The molecule has 0 atom stereocenters. The van der Waals surface area contributed by atoms with Crippen LogP contribution in [0, 0.1) is 5.92 Å². The third-order valence-corrected chi connectivity index (χ3v) is 5.23. The van der Waals surface area contributed by atoms with Crippen LogP contribution in [0.5, 0.6) is 17.4 Å². The van der Waals surface area contributed by atoms with Crippen LogP contribution in [0.15, 0.2) is 47.6 Å². The minimum absolute atomic E-state index is 0.0215. The molecule has 1 aromatic carbocycles. The predicted molar refractivity (Wildman–Crippen MR) is 123 cm³/mol. The lowest BCUT2D eigenvalue weighted by molar-refractivity contribution is -0.149. The molecule has 0 unspecified atom stereocenters. The number of piperidine rings is 1. The number of rotatable bonds is 8. The van der Waals surface area contributed by atoms with E-state index in [-0.39, 0.29) is 11.9 Å². The Balaban J connectivity index is 1.52. The van der Waals surface area contributed by atoms with E-state index in [1.807, 2.05) is 50.2 Å². The molecule has 32 heavy (non-hydrogen) atoms. The Kier molecular flexibility index (Phi) is 8.71. The third kappa shape index (κ3) is 6.60. The highest BCUT2D eigenvalue weighted by molar-refractivity contribution is 5.80. The number of benzene rings is 1. The van der Waals surface area contributed by atoms with Gasteiger partial charge in [0.25, 0.3) is 0 Å². The monoisotopic (exact) mass is 440 g/mol. The van der Waals surface area contributed by atoms with Crippen molar-refractivity contribution in [1.29, 1.82) is 0 Å². The molecule has 1 aromatic heterocycles. The van der Waals surface area contributed by atoms with E-state index >= 15 is 0 Å². The maximum Gasteiger partial charge on any atom is 0.309 e. The van der Waals surface area contributed by atoms with Crippen molar-refractivity contribution in [2.75, 3.05) is 33.4 Å². The van der Waals surface area contributed by atoms with Crippen molar-refractivity contribution in [3.8, 4) is 17.4 Å². The number of hydrogen-bond donors (Lipinski definition) is 1. The normalized spacial score (nSPS) is 14.7. The molecule has 1 saturated heterocycles. The van der Waals surface area contributed by atoms with E-state index in [2.05, 4.69) is 20.2 Å². The number of ether oxygens (including phenoxy) is 3. The molecule has 3 rings (SSSR count). The zero-order valence-electron chi connectivity index (χ0n) is 19.0. The molecule has 0 bridgehead atoms. The summed E-state index contributed by atoms with van der Waals surface area (Å²) >= 11 is 0. The lowest BCUT2D eigenvalue weighted by Crippen LogP contribution is -2.46. The first-order valence-electron chi connectivity index (χ1n) is 11.1. The lowest BCUT2D eigenvalue weighted by Gasteiger charge is -2.33. The van der Waals surface area contributed by atoms with Gasteiger partial charge in [-0.05, 0) is 62.6 Å². The summed E-state index contributed by atoms with van der Waals surface area (Å²) in [6.07, 6.45) is 3.28. The van der Waals surface area contributed by atoms with Gasteiger partial charge in [0.1, 0.15) is 11.5 Å². The summed E-state index contributed by atoms with van der Waals surface area (Å²) in [4.78, 5) is 22.8. The van der Waals surface area contributed by atoms with E-state index in [4.69, 9.17) is 14.2 Å². The molecule has 0 amide bonds. The Bertz CT molecular complexity index is 893. The molecule has 1 fully saturated rings. The predicted octanol–water partition coefficient (Wildman–Crippen LogP) is 3.62. The van der Waals surface area contributed by atoms with Crippen molar-refractivity contribution >= 4 is 11.9 Å². The van der Waals surface area contributed by atoms with Gasteiger partial charge in [0.15, 0.2) is 5.96 Å². The number of aromatic nitrogens is 1. The first kappa shape index (κ1) is 23.4. The standard InChI is InChI=1S/C24H32N4O4/c1-4-30-20-6-8-21(9-7-20)32-22-16-18(10-13-26-22)17-27-24(25-3)28-14-11-19(12-15-28)23(29)31-5-2/h6-10,13,16,19H,4-5,11-12,14-15,17H2,1-3H3,(H,25,27). The number of likely N-dealkylation sites (tertiary alicyclic amines) is 1. The molecular weight excluding hydrogens is 408 g/mol. The van der Waals surface area contributed by atoms with Crippen LogP contribution >= 0.6 is 0 Å². The zero-order valence-corrected chi connectivity index (χ0v) is 19.0. The molecule has 8 heteroatoms. The minimum atomic E-state index is -0.0908. The van der Waals surface area contributed by atoms with Gasteiger partial charge in [-0.1, -0.05) is 0 Å². The number of guanidine groups is 1. The van der Waals surface area contributed by atoms with E-state index in [1.54, 1.807) is 13.2 Å². The van der Waals surface area contributed by atoms with E-state index in [0.717, 1.165) is 43.2 Å². The molecule has 172 valence electrons. The molecule has 0 spiro atoms. The summed E-state index contributed by atoms with van der Waals surface area (Å²) in [5.74, 6) is 2.74. The molecule has 1 aliphatic rings. The van der Waals surface area contributed by atoms with Gasteiger partial charge < -0.3 is 24.4 Å². The number of nitrogens with one attached hydrogen (secondary N) is 1. The number of aliphatic imine (C=N–C) groups is 1. The molecule has 1 N–H and O–H groups in total. The van der Waals surface area contributed by atoms with Crippen LogP contribution in [0.25, 0.3) is 0 Å². The maximum absolute atomic E-state index is 12.0. The highest BCUT2D eigenvalue weighted by atomic mass is 16.5. The molecule has 8 nitrogen and oxygen atoms in total. The second-order valence-electron chi connectivity index (χ2n) is 7.42. The number of carbonyl (C=O) groups is 1. The van der Waals surface area contributed by atoms with Crippen molar-refractivity contribution in [3.05, 3.63) is 48.2 Å². The summed E-state index contributed by atoms with van der Waals surface area (Å²) < 4.78 is 16.5. The van der Waals surface area contributed by atoms with Gasteiger partial charge in [-0.2, -0.15) is 0 Å². The Morgan fingerprint density at radius 1 is 1.12 bits per heavy atom. The zero-order chi connectivity index (χ0) is 22.8. The van der Waals surface area contributed by atoms with Gasteiger partial charge in [-0.25, -0.2) is 4.98 Å². The highest BCUT2D eigenvalue weighted by Gasteiger charge is 2.27. The Morgan fingerprint density at radius 3 is 2.50 bits per heavy atom. The van der Waals surface area contributed by atoms with Crippen LogP contribution in [0.1, 0.15) is 32.3 Å². The first-order valence-corrected chi connectivity index (χ1v) is 11.1. The van der Waals surface area contributed by atoms with Crippen LogP contribution in [0.2, 0.25) is 0 Å². The average molecular weight is 441 g/mol. The Hall–Kier alpha value is -3.29. The number of nitrogens with zero attached hydrogens (tertiary/aromatic N) is 3. The van der Waals surface area contributed by atoms with Gasteiger partial charge in [0.2, 0.25) is 5.88 Å². The topological polar surface area (TPSA) is 85.3 Å². The van der Waals surface area contributed by atoms with Crippen molar-refractivity contribution < 1.29 is 19.0 Å². The van der Waals surface area contributed by atoms with Crippen molar-refractivity contribution in [1.82, 2.24) is 15.2 Å². The minimum Gasteiger partial charge on any atom is -0.494 e. The summed E-state index contributed by atoms with van der Waals surface area (Å²) in [5.41, 5.74) is 1.03. The van der Waals surface area contributed by atoms with Crippen molar-refractivity contribution in [2.24, 2.45) is 10.9 Å². The summed E-state index contributed by atoms with van der Waals surface area (Å²) in [5, 5.41) is 3.40. The van der Waals surface area contributed by atoms with Gasteiger partial charge >= 0.3 is 5.97 Å². The molecule has 1 aliphatic heterocycles. The second-order valence-corrected chi connectivity index (χ2v) is 7.42. The molecule has 0 aliphatic carbocycles. The number of carbonyl (C=O) groups excluding carboxylic acids is 1. The summed E-state index contributed by atoms with van der Waals surface area (Å²) in [6, 6.07) is 11.3. The van der Waals surface area contributed by atoms with Crippen molar-refractivity contribution in [2.45, 2.75) is 33.2 Å². The molecule has 0 radical (unpaired) electrons. The fourth-order valence-electron chi connectivity index (χ4n) is 3.61.